The number of rotatable bonds is 5. The predicted octanol–water partition coefficient (Wildman–Crippen LogP) is 2.38. The molecule has 0 unspecified atom stereocenters. The standard InChI is InChI=1S/C15H15Cl2N3O4/c1-8(2)6-19-13(22)14(23)20(15(19)24)7-12(21)18-11-4-3-9(16)5-10(11)17/h3-5,8H,6-7H2,1-2H3,(H,18,21). The van der Waals surface area contributed by atoms with E-state index in [1.54, 1.807) is 0 Å². The first kappa shape index (κ1) is 18.2. The topological polar surface area (TPSA) is 86.8 Å². The predicted molar refractivity (Wildman–Crippen MR) is 88.8 cm³/mol. The zero-order valence-corrected chi connectivity index (χ0v) is 14.5. The first-order valence-electron chi connectivity index (χ1n) is 7.13. The molecule has 0 aromatic heterocycles. The van der Waals surface area contributed by atoms with Crippen LogP contribution in [0.2, 0.25) is 10.0 Å². The van der Waals surface area contributed by atoms with Gasteiger partial charge in [0.1, 0.15) is 6.54 Å². The molecule has 0 atom stereocenters. The summed E-state index contributed by atoms with van der Waals surface area (Å²) in [7, 11) is 0. The van der Waals surface area contributed by atoms with Crippen molar-refractivity contribution in [1.29, 1.82) is 0 Å². The van der Waals surface area contributed by atoms with E-state index in [1.807, 2.05) is 13.8 Å². The highest BCUT2D eigenvalue weighted by atomic mass is 35.5. The summed E-state index contributed by atoms with van der Waals surface area (Å²) in [5.41, 5.74) is 0.288. The van der Waals surface area contributed by atoms with Crippen LogP contribution in [-0.4, -0.2) is 46.6 Å². The molecule has 2 rings (SSSR count). The Hall–Kier alpha value is -2.12. The number of carbonyl (C=O) groups excluding carboxylic acids is 4. The van der Waals surface area contributed by atoms with Crippen LogP contribution in [0.3, 0.4) is 0 Å². The zero-order chi connectivity index (χ0) is 18.0. The van der Waals surface area contributed by atoms with Gasteiger partial charge in [-0.1, -0.05) is 37.0 Å². The maximum atomic E-state index is 12.1. The lowest BCUT2D eigenvalue weighted by molar-refractivity contribution is -0.143. The zero-order valence-electron chi connectivity index (χ0n) is 13.0. The fourth-order valence-electron chi connectivity index (χ4n) is 2.14. The molecule has 1 aromatic rings. The molecule has 1 N–H and O–H groups in total. The van der Waals surface area contributed by atoms with Gasteiger partial charge in [-0.25, -0.2) is 9.69 Å². The molecule has 1 heterocycles. The maximum Gasteiger partial charge on any atom is 0.334 e. The Kier molecular flexibility index (Phi) is 5.46. The quantitative estimate of drug-likeness (QED) is 0.635. The normalized spacial score (nSPS) is 14.8. The number of halogens is 2. The van der Waals surface area contributed by atoms with E-state index in [1.165, 1.54) is 18.2 Å². The fraction of sp³-hybridized carbons (Fsp3) is 0.333. The van der Waals surface area contributed by atoms with Gasteiger partial charge in [-0.05, 0) is 24.1 Å². The van der Waals surface area contributed by atoms with Crippen molar-refractivity contribution in [1.82, 2.24) is 9.80 Å². The van der Waals surface area contributed by atoms with Crippen molar-refractivity contribution >= 4 is 52.6 Å². The first-order chi connectivity index (χ1) is 11.2. The molecule has 1 aliphatic rings. The smallest absolute Gasteiger partial charge is 0.323 e. The number of benzene rings is 1. The summed E-state index contributed by atoms with van der Waals surface area (Å²) in [6.45, 7) is 3.16. The molecule has 1 saturated heterocycles. The lowest BCUT2D eigenvalue weighted by Gasteiger charge is -2.17. The minimum absolute atomic E-state index is 0.00681. The van der Waals surface area contributed by atoms with Gasteiger partial charge in [0.2, 0.25) is 5.91 Å². The summed E-state index contributed by atoms with van der Waals surface area (Å²) in [6, 6.07) is 3.67. The Morgan fingerprint density at radius 1 is 1.12 bits per heavy atom. The van der Waals surface area contributed by atoms with Crippen LogP contribution in [-0.2, 0) is 14.4 Å². The lowest BCUT2D eigenvalue weighted by atomic mass is 10.2. The largest absolute Gasteiger partial charge is 0.334 e. The Morgan fingerprint density at radius 3 is 2.33 bits per heavy atom. The number of nitrogens with zero attached hydrogens (tertiary/aromatic N) is 2. The Balaban J connectivity index is 2.07. The fourth-order valence-corrected chi connectivity index (χ4v) is 2.60. The van der Waals surface area contributed by atoms with Crippen molar-refractivity contribution in [3.63, 3.8) is 0 Å². The van der Waals surface area contributed by atoms with Crippen LogP contribution in [0, 0.1) is 5.92 Å². The third kappa shape index (κ3) is 3.85. The van der Waals surface area contributed by atoms with Crippen LogP contribution in [0.4, 0.5) is 10.5 Å². The van der Waals surface area contributed by atoms with Crippen LogP contribution >= 0.6 is 23.2 Å². The molecule has 1 aliphatic heterocycles. The summed E-state index contributed by atoms with van der Waals surface area (Å²) >= 11 is 11.7. The van der Waals surface area contributed by atoms with Gasteiger partial charge < -0.3 is 5.32 Å². The molecule has 128 valence electrons. The summed E-state index contributed by atoms with van der Waals surface area (Å²) in [5, 5.41) is 3.09. The van der Waals surface area contributed by atoms with Gasteiger partial charge in [-0.3, -0.25) is 19.3 Å². The second-order valence-electron chi connectivity index (χ2n) is 5.66. The van der Waals surface area contributed by atoms with Crippen LogP contribution in [0.25, 0.3) is 0 Å². The third-order valence-electron chi connectivity index (χ3n) is 3.19. The molecule has 5 amide bonds. The number of urea groups is 1. The summed E-state index contributed by atoms with van der Waals surface area (Å²) < 4.78 is 0. The van der Waals surface area contributed by atoms with Crippen LogP contribution in [0.5, 0.6) is 0 Å². The molecular formula is C15H15Cl2N3O4. The molecule has 1 fully saturated rings. The van der Waals surface area contributed by atoms with Gasteiger partial charge in [-0.15, -0.1) is 0 Å². The average Bonchev–Trinajstić information content (AvgIpc) is 2.67. The van der Waals surface area contributed by atoms with E-state index in [9.17, 15) is 19.2 Å². The molecule has 0 saturated carbocycles. The van der Waals surface area contributed by atoms with Crippen molar-refractivity contribution in [3.8, 4) is 0 Å². The monoisotopic (exact) mass is 371 g/mol. The Morgan fingerprint density at radius 2 is 1.75 bits per heavy atom. The molecule has 0 spiro atoms. The number of anilines is 1. The van der Waals surface area contributed by atoms with Gasteiger partial charge in [-0.2, -0.15) is 0 Å². The van der Waals surface area contributed by atoms with Crippen molar-refractivity contribution in [3.05, 3.63) is 28.2 Å². The van der Waals surface area contributed by atoms with E-state index >= 15 is 0 Å². The lowest BCUT2D eigenvalue weighted by Crippen LogP contribution is -2.39. The van der Waals surface area contributed by atoms with Crippen molar-refractivity contribution in [2.75, 3.05) is 18.4 Å². The molecule has 0 bridgehead atoms. The molecule has 1 aromatic carbocycles. The van der Waals surface area contributed by atoms with E-state index in [4.69, 9.17) is 23.2 Å². The first-order valence-corrected chi connectivity index (χ1v) is 7.88. The number of nitrogens with one attached hydrogen (secondary N) is 1. The summed E-state index contributed by atoms with van der Waals surface area (Å²) in [6.07, 6.45) is 0. The van der Waals surface area contributed by atoms with E-state index < -0.39 is 30.3 Å². The highest BCUT2D eigenvalue weighted by Crippen LogP contribution is 2.25. The van der Waals surface area contributed by atoms with E-state index in [0.29, 0.717) is 9.92 Å². The molecule has 0 aliphatic carbocycles. The minimum atomic E-state index is -1.02. The van der Waals surface area contributed by atoms with Gasteiger partial charge in [0.15, 0.2) is 0 Å². The van der Waals surface area contributed by atoms with E-state index in [2.05, 4.69) is 5.32 Å². The molecule has 9 heteroatoms. The van der Waals surface area contributed by atoms with Crippen LogP contribution < -0.4 is 5.32 Å². The molecular weight excluding hydrogens is 357 g/mol. The second-order valence-corrected chi connectivity index (χ2v) is 6.50. The van der Waals surface area contributed by atoms with Crippen molar-refractivity contribution < 1.29 is 19.2 Å². The van der Waals surface area contributed by atoms with Gasteiger partial charge in [0, 0.05) is 11.6 Å². The number of amides is 5. The van der Waals surface area contributed by atoms with E-state index in [-0.39, 0.29) is 23.2 Å². The highest BCUT2D eigenvalue weighted by Gasteiger charge is 2.45. The molecule has 24 heavy (non-hydrogen) atoms. The average molecular weight is 372 g/mol. The number of hydrogen-bond acceptors (Lipinski definition) is 4. The SMILES string of the molecule is CC(C)CN1C(=O)C(=O)N(CC(=O)Nc2ccc(Cl)cc2Cl)C1=O. The highest BCUT2D eigenvalue weighted by molar-refractivity contribution is 6.45. The van der Waals surface area contributed by atoms with Crippen molar-refractivity contribution in [2.45, 2.75) is 13.8 Å². The molecule has 7 nitrogen and oxygen atoms in total. The van der Waals surface area contributed by atoms with Crippen LogP contribution in [0.15, 0.2) is 18.2 Å². The van der Waals surface area contributed by atoms with Crippen LogP contribution in [0.1, 0.15) is 13.8 Å². The molecule has 0 radical (unpaired) electrons. The van der Waals surface area contributed by atoms with Gasteiger partial charge >= 0.3 is 17.8 Å². The van der Waals surface area contributed by atoms with E-state index in [0.717, 1.165) is 4.90 Å². The number of imide groups is 2. The third-order valence-corrected chi connectivity index (χ3v) is 3.74. The maximum absolute atomic E-state index is 12.1. The van der Waals surface area contributed by atoms with Gasteiger partial charge in [0.25, 0.3) is 0 Å². The summed E-state index contributed by atoms with van der Waals surface area (Å²) in [4.78, 5) is 49.4. The minimum Gasteiger partial charge on any atom is -0.323 e. The summed E-state index contributed by atoms with van der Waals surface area (Å²) in [5.74, 6) is -2.59. The second kappa shape index (κ2) is 7.19. The van der Waals surface area contributed by atoms with Crippen molar-refractivity contribution in [2.24, 2.45) is 5.92 Å². The number of carbonyl (C=O) groups is 4. The number of hydrogen-bond donors (Lipinski definition) is 1. The Labute approximate surface area is 148 Å². The Bertz CT molecular complexity index is 721. The van der Waals surface area contributed by atoms with Gasteiger partial charge in [0.05, 0.1) is 10.7 Å².